The topological polar surface area (TPSA) is 44.8 Å². The van der Waals surface area contributed by atoms with Gasteiger partial charge in [0.2, 0.25) is 0 Å². The van der Waals surface area contributed by atoms with Crippen LogP contribution in [0.1, 0.15) is 29.9 Å². The third kappa shape index (κ3) is 4.01. The Morgan fingerprint density at radius 1 is 1.30 bits per heavy atom. The number of nitrogens with zero attached hydrogens (tertiary/aromatic N) is 2. The van der Waals surface area contributed by atoms with E-state index in [9.17, 15) is 9.18 Å². The standard InChI is InChI=1S/C24H30FN3O2/c1-17-15-18(7-8-21(17)25)30-14-4-10-27-11-9-23-20(16-27)19-5-3-6-22(26-2)24(19)28(23)12-13-29/h3,5-8,13,15,20,23,26H,4,9-12,14,16H2,1-2H3. The number of carbonyl (C=O) groups excluding carboxylic acids is 1. The lowest BCUT2D eigenvalue weighted by Gasteiger charge is -2.38. The third-order valence-corrected chi connectivity index (χ3v) is 6.37. The van der Waals surface area contributed by atoms with E-state index in [1.165, 1.54) is 17.3 Å². The normalized spacial score (nSPS) is 20.6. The van der Waals surface area contributed by atoms with Crippen LogP contribution in [0.25, 0.3) is 0 Å². The molecule has 160 valence electrons. The summed E-state index contributed by atoms with van der Waals surface area (Å²) in [4.78, 5) is 16.1. The summed E-state index contributed by atoms with van der Waals surface area (Å²) in [5.41, 5.74) is 4.24. The van der Waals surface area contributed by atoms with Crippen LogP contribution in [-0.4, -0.2) is 57.1 Å². The van der Waals surface area contributed by atoms with Crippen LogP contribution < -0.4 is 15.0 Å². The maximum absolute atomic E-state index is 13.4. The molecule has 0 radical (unpaired) electrons. The van der Waals surface area contributed by atoms with Crippen LogP contribution in [0.15, 0.2) is 36.4 Å². The summed E-state index contributed by atoms with van der Waals surface area (Å²) in [6.45, 7) is 5.80. The molecule has 2 unspecified atom stereocenters. The highest BCUT2D eigenvalue weighted by atomic mass is 19.1. The molecule has 6 heteroatoms. The number of halogens is 1. The summed E-state index contributed by atoms with van der Waals surface area (Å²) in [6, 6.07) is 11.7. The molecule has 0 spiro atoms. The Hall–Kier alpha value is -2.60. The number of anilines is 2. The Bertz CT molecular complexity index is 904. The predicted molar refractivity (Wildman–Crippen MR) is 118 cm³/mol. The number of para-hydroxylation sites is 1. The van der Waals surface area contributed by atoms with Gasteiger partial charge in [-0.1, -0.05) is 12.1 Å². The van der Waals surface area contributed by atoms with E-state index in [0.29, 0.717) is 30.7 Å². The third-order valence-electron chi connectivity index (χ3n) is 6.37. The Balaban J connectivity index is 1.36. The zero-order valence-corrected chi connectivity index (χ0v) is 17.7. The average molecular weight is 412 g/mol. The first-order valence-corrected chi connectivity index (χ1v) is 10.7. The van der Waals surface area contributed by atoms with Gasteiger partial charge in [-0.15, -0.1) is 0 Å². The summed E-state index contributed by atoms with van der Waals surface area (Å²) in [6.07, 6.45) is 2.99. The fraction of sp³-hybridized carbons (Fsp3) is 0.458. The minimum Gasteiger partial charge on any atom is -0.494 e. The van der Waals surface area contributed by atoms with Gasteiger partial charge in [0.15, 0.2) is 0 Å². The Morgan fingerprint density at radius 2 is 2.17 bits per heavy atom. The van der Waals surface area contributed by atoms with Gasteiger partial charge in [-0.3, -0.25) is 0 Å². The fourth-order valence-electron chi connectivity index (χ4n) is 4.93. The van der Waals surface area contributed by atoms with Crippen LogP contribution in [-0.2, 0) is 4.79 Å². The molecule has 2 heterocycles. The van der Waals surface area contributed by atoms with Crippen LogP contribution >= 0.6 is 0 Å². The Morgan fingerprint density at radius 3 is 2.93 bits per heavy atom. The number of aldehydes is 1. The molecule has 2 aromatic rings. The van der Waals surface area contributed by atoms with Gasteiger partial charge in [-0.05, 0) is 55.2 Å². The van der Waals surface area contributed by atoms with Crippen LogP contribution in [0.3, 0.4) is 0 Å². The van der Waals surface area contributed by atoms with E-state index >= 15 is 0 Å². The van der Waals surface area contributed by atoms with Crippen molar-refractivity contribution in [3.8, 4) is 5.75 Å². The predicted octanol–water partition coefficient (Wildman–Crippen LogP) is 3.82. The summed E-state index contributed by atoms with van der Waals surface area (Å²) < 4.78 is 19.2. The van der Waals surface area contributed by atoms with Crippen LogP contribution in [0.2, 0.25) is 0 Å². The monoisotopic (exact) mass is 411 g/mol. The SMILES string of the molecule is CNc1cccc2c1N(CC=O)C1CCN(CCCOc3ccc(F)c(C)c3)CC21. The van der Waals surface area contributed by atoms with E-state index in [4.69, 9.17) is 4.74 Å². The molecule has 2 aromatic carbocycles. The van der Waals surface area contributed by atoms with Crippen LogP contribution in [0.4, 0.5) is 15.8 Å². The lowest BCUT2D eigenvalue weighted by molar-refractivity contribution is -0.106. The minimum atomic E-state index is -0.202. The molecule has 1 N–H and O–H groups in total. The Kier molecular flexibility index (Phi) is 6.23. The number of nitrogens with one attached hydrogen (secondary N) is 1. The molecule has 0 aromatic heterocycles. The molecule has 1 saturated heterocycles. The van der Waals surface area contributed by atoms with Gasteiger partial charge in [0.05, 0.1) is 24.5 Å². The number of aryl methyl sites for hydroxylation is 1. The second-order valence-corrected chi connectivity index (χ2v) is 8.19. The van der Waals surface area contributed by atoms with E-state index in [1.54, 1.807) is 19.1 Å². The number of fused-ring (bicyclic) bond motifs is 3. The number of benzene rings is 2. The molecule has 2 atom stereocenters. The maximum atomic E-state index is 13.4. The van der Waals surface area contributed by atoms with Crippen molar-refractivity contribution in [1.82, 2.24) is 4.90 Å². The van der Waals surface area contributed by atoms with Gasteiger partial charge in [0, 0.05) is 38.6 Å². The second kappa shape index (κ2) is 9.04. The van der Waals surface area contributed by atoms with Crippen molar-refractivity contribution >= 4 is 17.7 Å². The van der Waals surface area contributed by atoms with Crippen molar-refractivity contribution < 1.29 is 13.9 Å². The highest BCUT2D eigenvalue weighted by Gasteiger charge is 2.42. The molecule has 0 bridgehead atoms. The molecular weight excluding hydrogens is 381 g/mol. The quantitative estimate of drug-likeness (QED) is 0.529. The number of hydrogen-bond donors (Lipinski definition) is 1. The Labute approximate surface area is 177 Å². The van der Waals surface area contributed by atoms with Gasteiger partial charge >= 0.3 is 0 Å². The van der Waals surface area contributed by atoms with Crippen molar-refractivity contribution in [2.24, 2.45) is 0 Å². The van der Waals surface area contributed by atoms with E-state index in [2.05, 4.69) is 33.3 Å². The number of piperidine rings is 1. The maximum Gasteiger partial charge on any atom is 0.139 e. The highest BCUT2D eigenvalue weighted by molar-refractivity contribution is 5.80. The van der Waals surface area contributed by atoms with E-state index < -0.39 is 0 Å². The molecule has 2 aliphatic heterocycles. The smallest absolute Gasteiger partial charge is 0.139 e. The van der Waals surface area contributed by atoms with Gasteiger partial charge in [0.1, 0.15) is 17.9 Å². The van der Waals surface area contributed by atoms with Crippen molar-refractivity contribution in [3.63, 3.8) is 0 Å². The largest absolute Gasteiger partial charge is 0.494 e. The first-order chi connectivity index (χ1) is 14.6. The zero-order chi connectivity index (χ0) is 21.1. The fourth-order valence-corrected chi connectivity index (χ4v) is 4.93. The first-order valence-electron chi connectivity index (χ1n) is 10.7. The van der Waals surface area contributed by atoms with Gasteiger partial charge in [0.25, 0.3) is 0 Å². The van der Waals surface area contributed by atoms with Crippen molar-refractivity contribution in [1.29, 1.82) is 0 Å². The number of carbonyl (C=O) groups is 1. The van der Waals surface area contributed by atoms with Crippen molar-refractivity contribution in [2.45, 2.75) is 31.7 Å². The molecule has 2 aliphatic rings. The minimum absolute atomic E-state index is 0.202. The molecule has 0 saturated carbocycles. The van der Waals surface area contributed by atoms with E-state index in [1.807, 2.05) is 7.05 Å². The van der Waals surface area contributed by atoms with Crippen molar-refractivity contribution in [2.75, 3.05) is 50.1 Å². The molecule has 5 nitrogen and oxygen atoms in total. The summed E-state index contributed by atoms with van der Waals surface area (Å²) >= 11 is 0. The number of likely N-dealkylation sites (tertiary alicyclic amines) is 1. The van der Waals surface area contributed by atoms with Gasteiger partial charge < -0.3 is 24.6 Å². The molecule has 30 heavy (non-hydrogen) atoms. The van der Waals surface area contributed by atoms with Crippen LogP contribution in [0, 0.1) is 12.7 Å². The van der Waals surface area contributed by atoms with E-state index in [-0.39, 0.29) is 5.82 Å². The number of rotatable bonds is 8. The first kappa shape index (κ1) is 20.7. The molecule has 4 rings (SSSR count). The lowest BCUT2D eigenvalue weighted by atomic mass is 9.89. The van der Waals surface area contributed by atoms with Crippen LogP contribution in [0.5, 0.6) is 5.75 Å². The summed E-state index contributed by atoms with van der Waals surface area (Å²) in [5.74, 6) is 0.941. The summed E-state index contributed by atoms with van der Waals surface area (Å²) in [5, 5.41) is 3.29. The number of hydrogen-bond acceptors (Lipinski definition) is 5. The highest BCUT2D eigenvalue weighted by Crippen LogP contribution is 2.47. The molecule has 0 amide bonds. The van der Waals surface area contributed by atoms with Gasteiger partial charge in [-0.2, -0.15) is 0 Å². The number of ether oxygens (including phenoxy) is 1. The summed E-state index contributed by atoms with van der Waals surface area (Å²) in [7, 11) is 1.94. The average Bonchev–Trinajstić information content (AvgIpc) is 3.07. The van der Waals surface area contributed by atoms with E-state index in [0.717, 1.165) is 50.2 Å². The zero-order valence-electron chi connectivity index (χ0n) is 17.7. The van der Waals surface area contributed by atoms with Crippen molar-refractivity contribution in [3.05, 3.63) is 53.3 Å². The second-order valence-electron chi connectivity index (χ2n) is 8.19. The molecular formula is C24H30FN3O2. The molecule has 0 aliphatic carbocycles. The molecule has 1 fully saturated rings. The lowest BCUT2D eigenvalue weighted by Crippen LogP contribution is -2.47. The van der Waals surface area contributed by atoms with Gasteiger partial charge in [-0.25, -0.2) is 4.39 Å².